The van der Waals surface area contributed by atoms with Gasteiger partial charge in [-0.25, -0.2) is 0 Å². The number of nitrogens with zero attached hydrogens (tertiary/aromatic N) is 1. The van der Waals surface area contributed by atoms with Crippen LogP contribution in [-0.2, 0) is 18.7 Å². The van der Waals surface area contributed by atoms with Crippen molar-refractivity contribution in [3.63, 3.8) is 0 Å². The fraction of sp³-hybridized carbons (Fsp3) is 0.781. The summed E-state index contributed by atoms with van der Waals surface area (Å²) in [6, 6.07) is 10.9. The number of likely N-dealkylation sites (tertiary alicyclic amines) is 1. The van der Waals surface area contributed by atoms with Crippen molar-refractivity contribution in [2.75, 3.05) is 32.9 Å². The Bertz CT molecular complexity index is 830. The zero-order valence-electron chi connectivity index (χ0n) is 26.3. The molecule has 0 N–H and O–H groups in total. The molecule has 0 spiro atoms. The first-order valence-electron chi connectivity index (χ1n) is 14.9. The van der Waals surface area contributed by atoms with Gasteiger partial charge in [-0.1, -0.05) is 92.6 Å². The minimum Gasteiger partial charge on any atom is -0.409 e. The van der Waals surface area contributed by atoms with Gasteiger partial charge in [0.1, 0.15) is 6.61 Å². The summed E-state index contributed by atoms with van der Waals surface area (Å²) in [4.78, 5) is 13.4. The molecule has 3 atom stereocenters. The summed E-state index contributed by atoms with van der Waals surface area (Å²) in [5.41, 5.74) is 0.516. The number of amides is 1. The summed E-state index contributed by atoms with van der Waals surface area (Å²) in [5.74, 6) is 2.89. The Kier molecular flexibility index (Phi) is 12.5. The first-order valence-corrected chi connectivity index (χ1v) is 16.9. The molecule has 2 aliphatic heterocycles. The normalized spacial score (nSPS) is 22.0. The minimum atomic E-state index is -2.15. The Morgan fingerprint density at radius 3 is 2.00 bits per heavy atom. The van der Waals surface area contributed by atoms with Crippen molar-refractivity contribution < 1.29 is 18.7 Å². The van der Waals surface area contributed by atoms with Crippen LogP contribution in [0.3, 0.4) is 0 Å². The van der Waals surface area contributed by atoms with Gasteiger partial charge in [0.15, 0.2) is 0 Å². The lowest BCUT2D eigenvalue weighted by Crippen LogP contribution is -2.60. The van der Waals surface area contributed by atoms with Crippen molar-refractivity contribution in [2.24, 2.45) is 23.7 Å². The fourth-order valence-electron chi connectivity index (χ4n) is 5.79. The van der Waals surface area contributed by atoms with Crippen molar-refractivity contribution in [1.29, 1.82) is 0 Å². The molecule has 1 amide bonds. The number of hydrogen-bond acceptors (Lipinski definition) is 4. The second-order valence-corrected chi connectivity index (χ2v) is 18.7. The lowest BCUT2D eigenvalue weighted by Gasteiger charge is -2.46. The molecule has 2 heterocycles. The largest absolute Gasteiger partial charge is 0.409 e. The molecule has 2 saturated heterocycles. The highest BCUT2D eigenvalue weighted by atomic mass is 28.4. The predicted octanol–water partition coefficient (Wildman–Crippen LogP) is 6.65. The van der Waals surface area contributed by atoms with E-state index in [4.69, 9.17) is 13.9 Å². The van der Waals surface area contributed by atoms with Crippen LogP contribution in [-0.4, -0.2) is 64.2 Å². The molecule has 38 heavy (non-hydrogen) atoms. The second-order valence-electron chi connectivity index (χ2n) is 13.7. The summed E-state index contributed by atoms with van der Waals surface area (Å²) in [7, 11) is -2.15. The summed E-state index contributed by atoms with van der Waals surface area (Å²) in [5, 5.41) is 1.55. The molecule has 1 aromatic rings. The first-order chi connectivity index (χ1) is 17.7. The number of hydrogen-bond donors (Lipinski definition) is 0. The predicted molar refractivity (Wildman–Crippen MR) is 161 cm³/mol. The number of carbonyl (C=O) groups is 1. The Labute approximate surface area is 235 Å². The molecule has 218 valence electrons. The lowest BCUT2D eigenvalue weighted by molar-refractivity contribution is -0.145. The molecule has 1 unspecified atom stereocenters. The molecule has 6 heteroatoms. The van der Waals surface area contributed by atoms with Gasteiger partial charge in [0, 0.05) is 13.1 Å². The number of rotatable bonds is 10. The summed E-state index contributed by atoms with van der Waals surface area (Å²) < 4.78 is 18.2. The van der Waals surface area contributed by atoms with Crippen LogP contribution in [0.5, 0.6) is 0 Å². The van der Waals surface area contributed by atoms with E-state index in [0.29, 0.717) is 29.2 Å². The van der Waals surface area contributed by atoms with E-state index in [1.54, 1.807) is 0 Å². The molecule has 1 aromatic carbocycles. The topological polar surface area (TPSA) is 48.0 Å². The molecule has 0 saturated carbocycles. The van der Waals surface area contributed by atoms with Crippen LogP contribution in [0.1, 0.15) is 82.6 Å². The van der Waals surface area contributed by atoms with E-state index >= 15 is 0 Å². The SMILES string of the molecule is CC(C)OCC(=O)N1CC(C(C)C)C1.CC(C)[C@@H]1CO[C@H](CO[Si](c2ccccc2)(C(C)C)C(C)(C)C)C1. The van der Waals surface area contributed by atoms with E-state index in [1.165, 1.54) is 5.19 Å². The van der Waals surface area contributed by atoms with Gasteiger partial charge in [-0.2, -0.15) is 0 Å². The molecule has 0 bridgehead atoms. The van der Waals surface area contributed by atoms with Gasteiger partial charge < -0.3 is 18.8 Å². The van der Waals surface area contributed by atoms with Gasteiger partial charge >= 0.3 is 0 Å². The van der Waals surface area contributed by atoms with Crippen LogP contribution < -0.4 is 5.19 Å². The smallest absolute Gasteiger partial charge is 0.248 e. The molecule has 0 aliphatic carbocycles. The minimum absolute atomic E-state index is 0.135. The highest BCUT2D eigenvalue weighted by Gasteiger charge is 2.51. The van der Waals surface area contributed by atoms with Gasteiger partial charge in [-0.15, -0.1) is 0 Å². The van der Waals surface area contributed by atoms with Crippen molar-refractivity contribution in [1.82, 2.24) is 4.90 Å². The van der Waals surface area contributed by atoms with E-state index in [9.17, 15) is 4.79 Å². The molecule has 0 radical (unpaired) electrons. The maximum atomic E-state index is 11.5. The van der Waals surface area contributed by atoms with Crippen LogP contribution in [0.4, 0.5) is 0 Å². The van der Waals surface area contributed by atoms with Crippen LogP contribution in [0, 0.1) is 23.7 Å². The number of carbonyl (C=O) groups excluding carboxylic acids is 1. The quantitative estimate of drug-likeness (QED) is 0.308. The van der Waals surface area contributed by atoms with E-state index in [0.717, 1.165) is 32.7 Å². The summed E-state index contributed by atoms with van der Waals surface area (Å²) in [6.07, 6.45) is 1.54. The third-order valence-corrected chi connectivity index (χ3v) is 14.1. The molecule has 3 rings (SSSR count). The maximum absolute atomic E-state index is 11.5. The van der Waals surface area contributed by atoms with Crippen LogP contribution >= 0.6 is 0 Å². The number of ether oxygens (including phenoxy) is 2. The molecule has 5 nitrogen and oxygen atoms in total. The lowest BCUT2D eigenvalue weighted by atomic mass is 9.88. The molecule has 0 aromatic heterocycles. The standard InChI is InChI=1S/C21H36O2Si.C11H21NO2/c1-16(2)18-13-19(22-14-18)15-23-24(17(3)4,21(5,6)7)20-11-9-8-10-12-20;1-8(2)10-5-12(6-10)11(13)7-14-9(3)4/h8-12,16-19H,13-15H2,1-7H3;8-10H,5-7H2,1-4H3/t18-,19-,24?;/m0./s1. The summed E-state index contributed by atoms with van der Waals surface area (Å²) in [6.45, 7) is 28.3. The van der Waals surface area contributed by atoms with Crippen LogP contribution in [0.2, 0.25) is 10.6 Å². The maximum Gasteiger partial charge on any atom is 0.248 e. The van der Waals surface area contributed by atoms with E-state index in [-0.39, 0.29) is 29.8 Å². The van der Waals surface area contributed by atoms with Crippen molar-refractivity contribution in [2.45, 2.75) is 105 Å². The zero-order valence-corrected chi connectivity index (χ0v) is 27.3. The van der Waals surface area contributed by atoms with Crippen LogP contribution in [0.15, 0.2) is 30.3 Å². The third-order valence-electron chi connectivity index (χ3n) is 8.43. The van der Waals surface area contributed by atoms with E-state index in [2.05, 4.69) is 92.6 Å². The van der Waals surface area contributed by atoms with Crippen molar-refractivity contribution in [3.8, 4) is 0 Å². The molecule has 2 fully saturated rings. The second kappa shape index (κ2) is 14.4. The van der Waals surface area contributed by atoms with E-state index in [1.807, 2.05) is 18.7 Å². The van der Waals surface area contributed by atoms with Crippen molar-refractivity contribution in [3.05, 3.63) is 30.3 Å². The molecular weight excluding hydrogens is 490 g/mol. The average molecular weight is 548 g/mol. The Hall–Kier alpha value is -1.21. The third kappa shape index (κ3) is 8.64. The highest BCUT2D eigenvalue weighted by Crippen LogP contribution is 2.44. The monoisotopic (exact) mass is 547 g/mol. The molecule has 2 aliphatic rings. The average Bonchev–Trinajstić information content (AvgIpc) is 3.26. The zero-order chi connectivity index (χ0) is 28.7. The van der Waals surface area contributed by atoms with Gasteiger partial charge in [-0.3, -0.25) is 4.79 Å². The molecular formula is C32H57NO4Si. The summed E-state index contributed by atoms with van der Waals surface area (Å²) >= 11 is 0. The highest BCUT2D eigenvalue weighted by molar-refractivity contribution is 6.90. The number of benzene rings is 1. The fourth-order valence-corrected chi connectivity index (χ4v) is 11.1. The van der Waals surface area contributed by atoms with E-state index < -0.39 is 8.32 Å². The van der Waals surface area contributed by atoms with Gasteiger partial charge in [0.25, 0.3) is 0 Å². The van der Waals surface area contributed by atoms with Crippen LogP contribution in [0.25, 0.3) is 0 Å². The van der Waals surface area contributed by atoms with Crippen molar-refractivity contribution >= 4 is 19.4 Å². The Morgan fingerprint density at radius 2 is 1.55 bits per heavy atom. The first kappa shape index (κ1) is 33.0. The Balaban J connectivity index is 0.000000308. The van der Waals surface area contributed by atoms with Gasteiger partial charge in [0.2, 0.25) is 14.2 Å². The van der Waals surface area contributed by atoms with Gasteiger partial charge in [0.05, 0.1) is 25.4 Å². The Morgan fingerprint density at radius 1 is 0.974 bits per heavy atom. The van der Waals surface area contributed by atoms with Gasteiger partial charge in [-0.05, 0) is 59.7 Å².